The van der Waals surface area contributed by atoms with E-state index in [1.165, 1.54) is 0 Å². The molecule has 1 aromatic heterocycles. The quantitative estimate of drug-likeness (QED) is 0.751. The molecule has 1 heterocycles. The number of nitrogens with one attached hydrogen (secondary N) is 1. The van der Waals surface area contributed by atoms with Gasteiger partial charge in [-0.25, -0.2) is 0 Å². The van der Waals surface area contributed by atoms with E-state index in [-0.39, 0.29) is 0 Å². The summed E-state index contributed by atoms with van der Waals surface area (Å²) >= 11 is 3.40. The summed E-state index contributed by atoms with van der Waals surface area (Å²) in [4.78, 5) is 4.41. The normalized spacial score (nSPS) is 10.4. The van der Waals surface area contributed by atoms with E-state index in [1.54, 1.807) is 6.26 Å². The average molecular weight is 315 g/mol. The van der Waals surface area contributed by atoms with Crippen molar-refractivity contribution in [2.24, 2.45) is 0 Å². The monoisotopic (exact) mass is 314 g/mol. The van der Waals surface area contributed by atoms with Crippen molar-refractivity contribution >= 4 is 27.6 Å². The van der Waals surface area contributed by atoms with Gasteiger partial charge in [0.15, 0.2) is 0 Å². The molecule has 0 bridgehead atoms. The largest absolute Gasteiger partial charge is 0.431 e. The van der Waals surface area contributed by atoms with Crippen LogP contribution < -0.4 is 5.32 Å². The molecule has 0 unspecified atom stereocenters. The van der Waals surface area contributed by atoms with Crippen molar-refractivity contribution in [2.45, 2.75) is 0 Å². The van der Waals surface area contributed by atoms with Crippen LogP contribution in [0.1, 0.15) is 0 Å². The smallest absolute Gasteiger partial charge is 0.299 e. The average Bonchev–Trinajstić information content (AvgIpc) is 2.91. The van der Waals surface area contributed by atoms with E-state index in [4.69, 9.17) is 4.42 Å². The van der Waals surface area contributed by atoms with Crippen molar-refractivity contribution in [1.82, 2.24) is 4.98 Å². The standard InChI is InChI=1S/C15H11BrN2O/c16-12-6-8-13(9-7-12)17-15-18-14(10-19-15)11-4-2-1-3-5-11/h1-10H,(H,17,18). The highest BCUT2D eigenvalue weighted by Crippen LogP contribution is 2.23. The highest BCUT2D eigenvalue weighted by Gasteiger charge is 2.05. The SMILES string of the molecule is Brc1ccc(Nc2nc(-c3ccccc3)co2)cc1. The molecule has 3 aromatic rings. The van der Waals surface area contributed by atoms with Gasteiger partial charge >= 0.3 is 0 Å². The fourth-order valence-corrected chi connectivity index (χ4v) is 1.99. The molecular weight excluding hydrogens is 304 g/mol. The Labute approximate surface area is 119 Å². The van der Waals surface area contributed by atoms with Crippen LogP contribution >= 0.6 is 15.9 Å². The van der Waals surface area contributed by atoms with Gasteiger partial charge in [0.2, 0.25) is 0 Å². The summed E-state index contributed by atoms with van der Waals surface area (Å²) in [5.41, 5.74) is 2.79. The molecule has 2 aromatic carbocycles. The number of hydrogen-bond donors (Lipinski definition) is 1. The second kappa shape index (κ2) is 5.28. The maximum absolute atomic E-state index is 5.42. The van der Waals surface area contributed by atoms with Crippen LogP contribution in [-0.2, 0) is 0 Å². The van der Waals surface area contributed by atoms with Gasteiger partial charge in [0.1, 0.15) is 12.0 Å². The molecule has 0 atom stereocenters. The van der Waals surface area contributed by atoms with Gasteiger partial charge in [-0.05, 0) is 24.3 Å². The molecule has 0 aliphatic carbocycles. The molecule has 1 N–H and O–H groups in total. The number of halogens is 1. The maximum atomic E-state index is 5.42. The number of hydrogen-bond acceptors (Lipinski definition) is 3. The zero-order valence-corrected chi connectivity index (χ0v) is 11.6. The molecule has 94 valence electrons. The Kier molecular flexibility index (Phi) is 3.33. The summed E-state index contributed by atoms with van der Waals surface area (Å²) < 4.78 is 6.46. The fourth-order valence-electron chi connectivity index (χ4n) is 1.73. The van der Waals surface area contributed by atoms with Gasteiger partial charge in [-0.15, -0.1) is 0 Å². The second-order valence-electron chi connectivity index (χ2n) is 4.04. The molecule has 0 saturated heterocycles. The zero-order chi connectivity index (χ0) is 13.1. The van der Waals surface area contributed by atoms with Crippen LogP contribution in [0.5, 0.6) is 0 Å². The first kappa shape index (κ1) is 12.0. The van der Waals surface area contributed by atoms with E-state index in [2.05, 4.69) is 26.2 Å². The van der Waals surface area contributed by atoms with Gasteiger partial charge < -0.3 is 9.73 Å². The number of nitrogens with zero attached hydrogens (tertiary/aromatic N) is 1. The van der Waals surface area contributed by atoms with Crippen LogP contribution in [0.25, 0.3) is 11.3 Å². The Bertz CT molecular complexity index is 662. The van der Waals surface area contributed by atoms with Crippen molar-refractivity contribution < 1.29 is 4.42 Å². The van der Waals surface area contributed by atoms with Gasteiger partial charge in [0.05, 0.1) is 0 Å². The van der Waals surface area contributed by atoms with Gasteiger partial charge in [-0.2, -0.15) is 4.98 Å². The molecule has 3 nitrogen and oxygen atoms in total. The third-order valence-electron chi connectivity index (χ3n) is 2.67. The summed E-state index contributed by atoms with van der Waals surface area (Å²) in [5, 5.41) is 3.12. The zero-order valence-electron chi connectivity index (χ0n) is 10.0. The Morgan fingerprint density at radius 1 is 0.947 bits per heavy atom. The first-order valence-corrected chi connectivity index (χ1v) is 6.64. The predicted octanol–water partition coefficient (Wildman–Crippen LogP) is 4.85. The molecule has 0 fully saturated rings. The Morgan fingerprint density at radius 3 is 2.42 bits per heavy atom. The van der Waals surface area contributed by atoms with Crippen LogP contribution in [0, 0.1) is 0 Å². The van der Waals surface area contributed by atoms with E-state index < -0.39 is 0 Å². The molecule has 4 heteroatoms. The molecular formula is C15H11BrN2O. The molecule has 3 rings (SSSR count). The van der Waals surface area contributed by atoms with Crippen LogP contribution in [0.4, 0.5) is 11.7 Å². The van der Waals surface area contributed by atoms with Crippen molar-refractivity contribution in [3.8, 4) is 11.3 Å². The lowest BCUT2D eigenvalue weighted by atomic mass is 10.2. The molecule has 19 heavy (non-hydrogen) atoms. The predicted molar refractivity (Wildman–Crippen MR) is 79.4 cm³/mol. The Balaban J connectivity index is 1.80. The van der Waals surface area contributed by atoms with Crippen LogP contribution in [0.3, 0.4) is 0 Å². The number of aromatic nitrogens is 1. The van der Waals surface area contributed by atoms with Gasteiger partial charge in [0.25, 0.3) is 6.01 Å². The number of oxazole rings is 1. The minimum Gasteiger partial charge on any atom is -0.431 e. The lowest BCUT2D eigenvalue weighted by Gasteiger charge is -2.00. The lowest BCUT2D eigenvalue weighted by molar-refractivity contribution is 0.578. The highest BCUT2D eigenvalue weighted by molar-refractivity contribution is 9.10. The van der Waals surface area contributed by atoms with Gasteiger partial charge in [-0.1, -0.05) is 46.3 Å². The first-order valence-electron chi connectivity index (χ1n) is 5.85. The highest BCUT2D eigenvalue weighted by atomic mass is 79.9. The molecule has 0 amide bonds. The van der Waals surface area contributed by atoms with E-state index in [0.717, 1.165) is 21.4 Å². The first-order chi connectivity index (χ1) is 9.31. The molecule has 0 spiro atoms. The minimum absolute atomic E-state index is 0.487. The van der Waals surface area contributed by atoms with Crippen molar-refractivity contribution in [2.75, 3.05) is 5.32 Å². The Hall–Kier alpha value is -2.07. The van der Waals surface area contributed by atoms with Gasteiger partial charge in [-0.3, -0.25) is 0 Å². The van der Waals surface area contributed by atoms with E-state index in [9.17, 15) is 0 Å². The third kappa shape index (κ3) is 2.85. The number of anilines is 2. The maximum Gasteiger partial charge on any atom is 0.299 e. The molecule has 0 aliphatic heterocycles. The van der Waals surface area contributed by atoms with Crippen molar-refractivity contribution in [3.05, 3.63) is 65.3 Å². The number of benzene rings is 2. The Morgan fingerprint density at radius 2 is 1.68 bits per heavy atom. The van der Waals surface area contributed by atoms with Crippen LogP contribution in [-0.4, -0.2) is 4.98 Å². The summed E-state index contributed by atoms with van der Waals surface area (Å²) in [6, 6.07) is 18.3. The van der Waals surface area contributed by atoms with E-state index in [1.807, 2.05) is 54.6 Å². The lowest BCUT2D eigenvalue weighted by Crippen LogP contribution is -1.89. The topological polar surface area (TPSA) is 38.1 Å². The minimum atomic E-state index is 0.487. The summed E-state index contributed by atoms with van der Waals surface area (Å²) in [6.45, 7) is 0. The van der Waals surface area contributed by atoms with Crippen LogP contribution in [0.2, 0.25) is 0 Å². The summed E-state index contributed by atoms with van der Waals surface area (Å²) in [5.74, 6) is 0. The molecule has 0 saturated carbocycles. The van der Waals surface area contributed by atoms with Crippen molar-refractivity contribution in [3.63, 3.8) is 0 Å². The third-order valence-corrected chi connectivity index (χ3v) is 3.20. The molecule has 0 aliphatic rings. The van der Waals surface area contributed by atoms with E-state index in [0.29, 0.717) is 6.01 Å². The summed E-state index contributed by atoms with van der Waals surface area (Å²) in [7, 11) is 0. The van der Waals surface area contributed by atoms with E-state index >= 15 is 0 Å². The number of rotatable bonds is 3. The van der Waals surface area contributed by atoms with Crippen LogP contribution in [0.15, 0.2) is 69.8 Å². The second-order valence-corrected chi connectivity index (χ2v) is 4.95. The van der Waals surface area contributed by atoms with Gasteiger partial charge in [0, 0.05) is 15.7 Å². The fraction of sp³-hybridized carbons (Fsp3) is 0. The van der Waals surface area contributed by atoms with Crippen molar-refractivity contribution in [1.29, 1.82) is 0 Å². The molecule has 0 radical (unpaired) electrons. The summed E-state index contributed by atoms with van der Waals surface area (Å²) in [6.07, 6.45) is 1.65.